The molecule has 1 aliphatic rings. The maximum Gasteiger partial charge on any atom is 0.237 e. The highest BCUT2D eigenvalue weighted by atomic mass is 32.1. The third-order valence-electron chi connectivity index (χ3n) is 3.03. The van der Waals surface area contributed by atoms with Gasteiger partial charge >= 0.3 is 0 Å². The summed E-state index contributed by atoms with van der Waals surface area (Å²) in [5.74, 6) is 1.05. The van der Waals surface area contributed by atoms with Gasteiger partial charge in [-0.3, -0.25) is 4.79 Å². The van der Waals surface area contributed by atoms with E-state index in [1.165, 1.54) is 0 Å². The molecule has 2 aromatic heterocycles. The SMILES string of the molecule is Cc1nc(Cc2noc(CC3NCCNC3=O)n2)cs1. The molecule has 1 fully saturated rings. The number of carbonyl (C=O) groups is 1. The first-order valence-corrected chi connectivity index (χ1v) is 7.32. The van der Waals surface area contributed by atoms with Gasteiger partial charge in [-0.2, -0.15) is 4.98 Å². The third-order valence-corrected chi connectivity index (χ3v) is 3.85. The van der Waals surface area contributed by atoms with Gasteiger partial charge in [0.15, 0.2) is 5.82 Å². The summed E-state index contributed by atoms with van der Waals surface area (Å²) in [7, 11) is 0. The molecule has 8 heteroatoms. The van der Waals surface area contributed by atoms with E-state index in [0.717, 1.165) is 17.2 Å². The largest absolute Gasteiger partial charge is 0.353 e. The van der Waals surface area contributed by atoms with E-state index in [1.54, 1.807) is 11.3 Å². The molecule has 0 radical (unpaired) electrons. The molecule has 20 heavy (non-hydrogen) atoms. The number of hydrogen-bond acceptors (Lipinski definition) is 7. The normalized spacial score (nSPS) is 19.1. The van der Waals surface area contributed by atoms with Crippen molar-refractivity contribution >= 4 is 17.2 Å². The standard InChI is InChI=1S/C12H15N5O2S/c1-7-15-8(6-20-7)4-10-16-11(19-17-10)5-9-12(18)14-3-2-13-9/h6,9,13H,2-5H2,1H3,(H,14,18). The van der Waals surface area contributed by atoms with Crippen molar-refractivity contribution in [2.75, 3.05) is 13.1 Å². The first kappa shape index (κ1) is 13.2. The lowest BCUT2D eigenvalue weighted by Gasteiger charge is -2.21. The Bertz CT molecular complexity index is 609. The van der Waals surface area contributed by atoms with Crippen LogP contribution in [-0.2, 0) is 17.6 Å². The van der Waals surface area contributed by atoms with Crippen LogP contribution in [-0.4, -0.2) is 40.2 Å². The zero-order chi connectivity index (χ0) is 13.9. The fourth-order valence-electron chi connectivity index (χ4n) is 2.08. The molecule has 0 aromatic carbocycles. The number of nitrogens with one attached hydrogen (secondary N) is 2. The second kappa shape index (κ2) is 5.68. The molecule has 1 saturated heterocycles. The Labute approximate surface area is 119 Å². The molecule has 1 aliphatic heterocycles. The summed E-state index contributed by atoms with van der Waals surface area (Å²) in [4.78, 5) is 20.3. The molecule has 0 aliphatic carbocycles. The fraction of sp³-hybridized carbons (Fsp3) is 0.500. The van der Waals surface area contributed by atoms with E-state index in [0.29, 0.717) is 31.1 Å². The van der Waals surface area contributed by atoms with Gasteiger partial charge in [0.05, 0.1) is 29.6 Å². The summed E-state index contributed by atoms with van der Waals surface area (Å²) in [6.45, 7) is 3.38. The van der Waals surface area contributed by atoms with Crippen LogP contribution in [0.15, 0.2) is 9.90 Å². The Kier molecular flexibility index (Phi) is 3.75. The van der Waals surface area contributed by atoms with Crippen molar-refractivity contribution in [2.24, 2.45) is 0 Å². The van der Waals surface area contributed by atoms with Crippen molar-refractivity contribution < 1.29 is 9.32 Å². The Morgan fingerprint density at radius 3 is 3.10 bits per heavy atom. The van der Waals surface area contributed by atoms with Crippen LogP contribution in [0.4, 0.5) is 0 Å². The van der Waals surface area contributed by atoms with Gasteiger partial charge in [-0.15, -0.1) is 11.3 Å². The predicted octanol–water partition coefficient (Wildman–Crippen LogP) is 0.0558. The van der Waals surface area contributed by atoms with Crippen LogP contribution in [0.5, 0.6) is 0 Å². The summed E-state index contributed by atoms with van der Waals surface area (Å²) in [5.41, 5.74) is 0.938. The van der Waals surface area contributed by atoms with Crippen molar-refractivity contribution in [3.63, 3.8) is 0 Å². The van der Waals surface area contributed by atoms with E-state index in [4.69, 9.17) is 4.52 Å². The molecule has 3 rings (SSSR count). The maximum atomic E-state index is 11.6. The number of thiazole rings is 1. The highest BCUT2D eigenvalue weighted by Crippen LogP contribution is 2.12. The topological polar surface area (TPSA) is 92.9 Å². The Morgan fingerprint density at radius 1 is 1.45 bits per heavy atom. The van der Waals surface area contributed by atoms with Crippen molar-refractivity contribution in [3.8, 4) is 0 Å². The van der Waals surface area contributed by atoms with Crippen LogP contribution in [0, 0.1) is 6.92 Å². The maximum absolute atomic E-state index is 11.6. The Balaban J connectivity index is 1.63. The smallest absolute Gasteiger partial charge is 0.237 e. The molecular weight excluding hydrogens is 278 g/mol. The second-order valence-electron chi connectivity index (χ2n) is 4.64. The lowest BCUT2D eigenvalue weighted by Crippen LogP contribution is -2.53. The molecule has 0 saturated carbocycles. The molecule has 2 aromatic rings. The molecule has 1 unspecified atom stereocenters. The van der Waals surface area contributed by atoms with Crippen molar-refractivity contribution in [3.05, 3.63) is 27.8 Å². The molecule has 7 nitrogen and oxygen atoms in total. The minimum atomic E-state index is -0.293. The summed E-state index contributed by atoms with van der Waals surface area (Å²) in [5, 5.41) is 12.9. The van der Waals surface area contributed by atoms with Crippen LogP contribution in [0.2, 0.25) is 0 Å². The van der Waals surface area contributed by atoms with E-state index in [1.807, 2.05) is 12.3 Å². The summed E-state index contributed by atoms with van der Waals surface area (Å²) < 4.78 is 5.19. The minimum Gasteiger partial charge on any atom is -0.353 e. The zero-order valence-electron chi connectivity index (χ0n) is 11.0. The number of carbonyl (C=O) groups excluding carboxylic acids is 1. The van der Waals surface area contributed by atoms with Gasteiger partial charge in [0.25, 0.3) is 0 Å². The molecule has 0 spiro atoms. The summed E-state index contributed by atoms with van der Waals surface area (Å²) in [6, 6.07) is -0.293. The van der Waals surface area contributed by atoms with Gasteiger partial charge in [0, 0.05) is 18.5 Å². The monoisotopic (exact) mass is 293 g/mol. The minimum absolute atomic E-state index is 0.0221. The Hall–Kier alpha value is -1.80. The van der Waals surface area contributed by atoms with E-state index < -0.39 is 0 Å². The molecule has 1 amide bonds. The summed E-state index contributed by atoms with van der Waals surface area (Å²) >= 11 is 1.60. The third kappa shape index (κ3) is 3.02. The lowest BCUT2D eigenvalue weighted by atomic mass is 10.1. The van der Waals surface area contributed by atoms with E-state index >= 15 is 0 Å². The summed E-state index contributed by atoms with van der Waals surface area (Å²) in [6.07, 6.45) is 0.965. The molecular formula is C12H15N5O2S. The number of amides is 1. The Morgan fingerprint density at radius 2 is 2.35 bits per heavy atom. The highest BCUT2D eigenvalue weighted by Gasteiger charge is 2.24. The zero-order valence-corrected chi connectivity index (χ0v) is 11.9. The van der Waals surface area contributed by atoms with Gasteiger partial charge in [0.1, 0.15) is 0 Å². The number of rotatable bonds is 4. The quantitative estimate of drug-likeness (QED) is 0.828. The number of hydrogen-bond donors (Lipinski definition) is 2. The van der Waals surface area contributed by atoms with Gasteiger partial charge < -0.3 is 15.2 Å². The van der Waals surface area contributed by atoms with Gasteiger partial charge in [-0.25, -0.2) is 4.98 Å². The van der Waals surface area contributed by atoms with Crippen LogP contribution in [0.25, 0.3) is 0 Å². The van der Waals surface area contributed by atoms with Crippen molar-refractivity contribution in [1.82, 2.24) is 25.8 Å². The number of piperazine rings is 1. The van der Waals surface area contributed by atoms with Crippen molar-refractivity contribution in [1.29, 1.82) is 0 Å². The number of aromatic nitrogens is 3. The van der Waals surface area contributed by atoms with E-state index in [9.17, 15) is 4.79 Å². The fourth-order valence-corrected chi connectivity index (χ4v) is 2.70. The van der Waals surface area contributed by atoms with Gasteiger partial charge in [-0.05, 0) is 6.92 Å². The van der Waals surface area contributed by atoms with Crippen LogP contribution < -0.4 is 10.6 Å². The molecule has 0 bridgehead atoms. The van der Waals surface area contributed by atoms with Crippen LogP contribution in [0.1, 0.15) is 22.4 Å². The second-order valence-corrected chi connectivity index (χ2v) is 5.70. The molecule has 106 valence electrons. The molecule has 3 heterocycles. The molecule has 2 N–H and O–H groups in total. The van der Waals surface area contributed by atoms with Crippen molar-refractivity contribution in [2.45, 2.75) is 25.8 Å². The predicted molar refractivity (Wildman–Crippen MR) is 72.5 cm³/mol. The van der Waals surface area contributed by atoms with E-state index in [-0.39, 0.29) is 11.9 Å². The van der Waals surface area contributed by atoms with Crippen LogP contribution >= 0.6 is 11.3 Å². The number of nitrogens with zero attached hydrogens (tertiary/aromatic N) is 3. The first-order chi connectivity index (χ1) is 9.70. The van der Waals surface area contributed by atoms with E-state index in [2.05, 4.69) is 25.8 Å². The van der Waals surface area contributed by atoms with Gasteiger partial charge in [0.2, 0.25) is 11.8 Å². The van der Waals surface area contributed by atoms with Crippen LogP contribution in [0.3, 0.4) is 0 Å². The van der Waals surface area contributed by atoms with Gasteiger partial charge in [-0.1, -0.05) is 5.16 Å². The first-order valence-electron chi connectivity index (χ1n) is 6.44. The lowest BCUT2D eigenvalue weighted by molar-refractivity contribution is -0.124. The average Bonchev–Trinajstić information content (AvgIpc) is 3.02. The molecule has 1 atom stereocenters. The average molecular weight is 293 g/mol. The highest BCUT2D eigenvalue weighted by molar-refractivity contribution is 7.09. The number of aryl methyl sites for hydroxylation is 1.